The zero-order valence-electron chi connectivity index (χ0n) is 26.6. The van der Waals surface area contributed by atoms with Crippen LogP contribution in [0.25, 0.3) is 0 Å². The number of rotatable bonds is 5. The smallest absolute Gasteiger partial charge is 0.405 e. The van der Waals surface area contributed by atoms with Crippen LogP contribution in [-0.4, -0.2) is 73.4 Å². The van der Waals surface area contributed by atoms with Crippen LogP contribution < -0.4 is 16.4 Å². The first-order chi connectivity index (χ1) is 20.9. The van der Waals surface area contributed by atoms with Crippen LogP contribution in [-0.2, 0) is 28.6 Å². The van der Waals surface area contributed by atoms with Crippen LogP contribution in [0.4, 0.5) is 4.79 Å². The third-order valence-electron chi connectivity index (χ3n) is 8.50. The molecule has 1 aliphatic heterocycles. The van der Waals surface area contributed by atoms with Crippen molar-refractivity contribution in [2.75, 3.05) is 14.2 Å². The van der Waals surface area contributed by atoms with Crippen molar-refractivity contribution in [3.05, 3.63) is 58.5 Å². The Morgan fingerprint density at radius 3 is 2.39 bits per heavy atom. The summed E-state index contributed by atoms with van der Waals surface area (Å²) in [6.45, 7) is 7.07. The van der Waals surface area contributed by atoms with Crippen LogP contribution >= 0.6 is 0 Å². The average molecular weight is 614 g/mol. The first-order valence-corrected chi connectivity index (χ1v) is 15.2. The van der Waals surface area contributed by atoms with E-state index in [0.717, 1.165) is 25.7 Å². The van der Waals surface area contributed by atoms with Gasteiger partial charge in [0, 0.05) is 43.4 Å². The van der Waals surface area contributed by atoms with Crippen molar-refractivity contribution in [1.82, 2.24) is 10.6 Å². The van der Waals surface area contributed by atoms with E-state index in [1.54, 1.807) is 32.1 Å². The highest BCUT2D eigenvalue weighted by Gasteiger charge is 2.34. The predicted octanol–water partition coefficient (Wildman–Crippen LogP) is 3.29. The van der Waals surface area contributed by atoms with Gasteiger partial charge in [0.2, 0.25) is 11.6 Å². The van der Waals surface area contributed by atoms with E-state index in [9.17, 15) is 24.3 Å². The van der Waals surface area contributed by atoms with Gasteiger partial charge >= 0.3 is 6.09 Å². The fraction of sp³-hybridized carbons (Fsp3) is 0.576. The molecule has 0 saturated heterocycles. The number of carbonyl (C=O) groups excluding carboxylic acids is 4. The summed E-state index contributed by atoms with van der Waals surface area (Å²) in [7, 11) is 2.95. The molecule has 0 aromatic rings. The van der Waals surface area contributed by atoms with Gasteiger partial charge < -0.3 is 35.7 Å². The summed E-state index contributed by atoms with van der Waals surface area (Å²) in [6.07, 6.45) is 7.99. The molecule has 2 aliphatic carbocycles. The summed E-state index contributed by atoms with van der Waals surface area (Å²) >= 11 is 0. The molecule has 0 unspecified atom stereocenters. The number of nitrogens with two attached hydrogens (primary N) is 1. The van der Waals surface area contributed by atoms with E-state index in [1.807, 2.05) is 13.8 Å². The molecular weight excluding hydrogens is 566 g/mol. The fourth-order valence-corrected chi connectivity index (χ4v) is 6.02. The van der Waals surface area contributed by atoms with E-state index in [1.165, 1.54) is 26.4 Å². The van der Waals surface area contributed by atoms with Crippen LogP contribution in [0.2, 0.25) is 0 Å². The van der Waals surface area contributed by atoms with E-state index < -0.39 is 48.1 Å². The number of Topliss-reactive ketones (excluding diaryl/α,β-unsaturated/α-hetero) is 1. The molecule has 1 heterocycles. The molecule has 11 heteroatoms. The number of primary amides is 1. The molecule has 5 N–H and O–H groups in total. The van der Waals surface area contributed by atoms with E-state index in [0.29, 0.717) is 17.6 Å². The molecule has 3 rings (SSSR count). The maximum Gasteiger partial charge on any atom is 0.405 e. The average Bonchev–Trinajstić information content (AvgIpc) is 3.49. The number of methoxy groups -OCH3 is 2. The van der Waals surface area contributed by atoms with Crippen LogP contribution in [0.15, 0.2) is 58.5 Å². The van der Waals surface area contributed by atoms with Crippen LogP contribution in [0.1, 0.15) is 66.2 Å². The lowest BCUT2D eigenvalue weighted by atomic mass is 9.85. The maximum atomic E-state index is 13.8. The minimum absolute atomic E-state index is 0.0877. The molecule has 0 spiro atoms. The molecule has 0 aromatic carbocycles. The molecule has 44 heavy (non-hydrogen) atoms. The van der Waals surface area contributed by atoms with Crippen molar-refractivity contribution >= 4 is 23.6 Å². The number of aliphatic hydroxyl groups excluding tert-OH is 1. The quantitative estimate of drug-likeness (QED) is 0.269. The molecule has 6 atom stereocenters. The number of ether oxygens (including phenoxy) is 3. The van der Waals surface area contributed by atoms with Gasteiger partial charge in [0.05, 0.1) is 23.6 Å². The molecular formula is C33H47N3O8. The number of hydrogen-bond acceptors (Lipinski definition) is 9. The number of amides is 2. The summed E-state index contributed by atoms with van der Waals surface area (Å²) in [5.74, 6) is -1.93. The molecule has 0 aromatic heterocycles. The van der Waals surface area contributed by atoms with Gasteiger partial charge in [-0.1, -0.05) is 51.0 Å². The number of carbonyl (C=O) groups is 4. The van der Waals surface area contributed by atoms with Crippen molar-refractivity contribution in [2.45, 2.75) is 96.7 Å². The molecule has 3 aliphatic rings. The van der Waals surface area contributed by atoms with E-state index in [-0.39, 0.29) is 41.1 Å². The Balaban J connectivity index is 2.06. The van der Waals surface area contributed by atoms with Gasteiger partial charge in [-0.25, -0.2) is 4.79 Å². The molecule has 242 valence electrons. The van der Waals surface area contributed by atoms with Crippen LogP contribution in [0.5, 0.6) is 0 Å². The Kier molecular flexibility index (Phi) is 12.7. The molecule has 0 radical (unpaired) electrons. The van der Waals surface area contributed by atoms with Crippen molar-refractivity contribution < 1.29 is 38.5 Å². The highest BCUT2D eigenvalue weighted by Crippen LogP contribution is 2.30. The monoisotopic (exact) mass is 613 g/mol. The van der Waals surface area contributed by atoms with Crippen LogP contribution in [0.3, 0.4) is 0 Å². The standard InChI is InChI=1S/C33H47N3O8/c1-18-14-23-28(35-22-11-7-8-12-22)25(37)17-24(30(23)39)36-32(40)19(2)10-9-13-26(42-5)31(44-33(34)41)21(4)16-20(3)29(38)27(15-18)43-6/h9-10,13,16-18,20,22,26-27,29,31,35,38H,7-8,11-12,14-15H2,1-6H3,(H2,34,41)(H,36,40)/t18-,20+,26+,27+,29-,31+/m1/s1. The number of ketones is 2. The molecule has 2 bridgehead atoms. The van der Waals surface area contributed by atoms with E-state index in [4.69, 9.17) is 19.9 Å². The zero-order chi connectivity index (χ0) is 32.6. The topological polar surface area (TPSA) is 166 Å². The number of allylic oxidation sites excluding steroid dienone is 4. The molecule has 1 fully saturated rings. The van der Waals surface area contributed by atoms with Gasteiger partial charge in [0.15, 0.2) is 6.10 Å². The maximum absolute atomic E-state index is 13.8. The van der Waals surface area contributed by atoms with Gasteiger partial charge in [-0.3, -0.25) is 14.4 Å². The summed E-state index contributed by atoms with van der Waals surface area (Å²) in [5.41, 5.74) is 6.73. The fourth-order valence-electron chi connectivity index (χ4n) is 6.02. The number of fused-ring (bicyclic) bond motifs is 2. The highest BCUT2D eigenvalue weighted by molar-refractivity contribution is 6.23. The van der Waals surface area contributed by atoms with Crippen molar-refractivity contribution in [2.24, 2.45) is 17.6 Å². The molecule has 1 saturated carbocycles. The van der Waals surface area contributed by atoms with Crippen molar-refractivity contribution in [3.8, 4) is 0 Å². The lowest BCUT2D eigenvalue weighted by molar-refractivity contribution is -0.120. The van der Waals surface area contributed by atoms with Crippen LogP contribution in [0, 0.1) is 11.8 Å². The highest BCUT2D eigenvalue weighted by atomic mass is 16.6. The Morgan fingerprint density at radius 2 is 1.77 bits per heavy atom. The van der Waals surface area contributed by atoms with Gasteiger partial charge in [0.1, 0.15) is 6.10 Å². The third kappa shape index (κ3) is 8.99. The lowest BCUT2D eigenvalue weighted by Crippen LogP contribution is -2.39. The Morgan fingerprint density at radius 1 is 1.09 bits per heavy atom. The van der Waals surface area contributed by atoms with Gasteiger partial charge in [-0.05, 0) is 51.0 Å². The summed E-state index contributed by atoms with van der Waals surface area (Å²) in [5, 5.41) is 17.3. The summed E-state index contributed by atoms with van der Waals surface area (Å²) in [4.78, 5) is 52.0. The lowest BCUT2D eigenvalue weighted by Gasteiger charge is -2.30. The minimum Gasteiger partial charge on any atom is -0.439 e. The Labute approximate surface area is 259 Å². The first kappa shape index (κ1) is 34.9. The van der Waals surface area contributed by atoms with Crippen molar-refractivity contribution in [3.63, 3.8) is 0 Å². The number of aliphatic hydroxyl groups is 1. The number of nitrogens with one attached hydrogen (secondary N) is 2. The van der Waals surface area contributed by atoms with Crippen molar-refractivity contribution in [1.29, 1.82) is 0 Å². The zero-order valence-corrected chi connectivity index (χ0v) is 26.6. The van der Waals surface area contributed by atoms with E-state index in [2.05, 4.69) is 10.6 Å². The Hall–Kier alpha value is -3.54. The predicted molar refractivity (Wildman–Crippen MR) is 165 cm³/mol. The first-order valence-electron chi connectivity index (χ1n) is 15.2. The largest absolute Gasteiger partial charge is 0.439 e. The van der Waals surface area contributed by atoms with Gasteiger partial charge in [0.25, 0.3) is 5.91 Å². The summed E-state index contributed by atoms with van der Waals surface area (Å²) in [6, 6.07) is 0.103. The second-order valence-electron chi connectivity index (χ2n) is 12.1. The normalized spacial score (nSPS) is 30.0. The molecule has 2 amide bonds. The number of hydrogen-bond donors (Lipinski definition) is 4. The minimum atomic E-state index is -0.991. The second-order valence-corrected chi connectivity index (χ2v) is 12.1. The second kappa shape index (κ2) is 16.0. The Bertz CT molecular complexity index is 1260. The van der Waals surface area contributed by atoms with Gasteiger partial charge in [-0.2, -0.15) is 0 Å². The van der Waals surface area contributed by atoms with E-state index >= 15 is 0 Å². The SMILES string of the molecule is CO[C@H]1C=CC=C(C)C(=O)NC2=CC(=O)C(NC3CCCC3)=C(C[C@@H](C)C[C@H](OC)[C@H](O)[C@@H](C)C=C(C)[C@@H]1OC(N)=O)C2=O. The third-order valence-corrected chi connectivity index (χ3v) is 8.50. The molecule has 11 nitrogen and oxygen atoms in total. The summed E-state index contributed by atoms with van der Waals surface area (Å²) < 4.78 is 16.7. The van der Waals surface area contributed by atoms with Gasteiger partial charge in [-0.15, -0.1) is 0 Å².